The molecule has 0 radical (unpaired) electrons. The van der Waals surface area contributed by atoms with Gasteiger partial charge in [-0.15, -0.1) is 0 Å². The monoisotopic (exact) mass is 338 g/mol. The van der Waals surface area contributed by atoms with Crippen molar-refractivity contribution in [2.75, 3.05) is 4.67 Å². The van der Waals surface area contributed by atoms with Crippen molar-refractivity contribution in [3.63, 3.8) is 0 Å². The van der Waals surface area contributed by atoms with Crippen molar-refractivity contribution in [2.45, 2.75) is 39.4 Å². The van der Waals surface area contributed by atoms with Crippen LogP contribution < -0.4 is 4.67 Å². The van der Waals surface area contributed by atoms with Crippen LogP contribution >= 0.6 is 0 Å². The summed E-state index contributed by atoms with van der Waals surface area (Å²) in [5.41, 5.74) is 3.01. The average molecular weight is 339 g/mol. The molecule has 0 fully saturated rings. The summed E-state index contributed by atoms with van der Waals surface area (Å²) >= 11 is 0. The van der Waals surface area contributed by atoms with Crippen molar-refractivity contribution in [1.29, 1.82) is 0 Å². The highest BCUT2D eigenvalue weighted by Gasteiger charge is 2.24. The van der Waals surface area contributed by atoms with E-state index in [0.717, 1.165) is 17.0 Å². The number of ketones is 1. The third-order valence-corrected chi connectivity index (χ3v) is 5.23. The number of carbonyl (C=O) groups is 1. The van der Waals surface area contributed by atoms with Gasteiger partial charge in [0.05, 0.1) is 0 Å². The van der Waals surface area contributed by atoms with Gasteiger partial charge in [0.1, 0.15) is 5.78 Å². The minimum atomic E-state index is -1.68. The topological polar surface area (TPSA) is 32.7 Å². The zero-order valence-corrected chi connectivity index (χ0v) is 16.0. The van der Waals surface area contributed by atoms with E-state index in [1.165, 1.54) is 0 Å². The van der Waals surface area contributed by atoms with Crippen molar-refractivity contribution in [2.24, 2.45) is 5.10 Å². The van der Waals surface area contributed by atoms with Gasteiger partial charge in [-0.25, -0.2) is 0 Å². The van der Waals surface area contributed by atoms with Crippen LogP contribution in [-0.2, 0) is 11.2 Å². The molecule has 0 unspecified atom stereocenters. The predicted molar refractivity (Wildman–Crippen MR) is 105 cm³/mol. The molecule has 2 aromatic rings. The lowest BCUT2D eigenvalue weighted by atomic mass is 10.1. The molecule has 0 saturated carbocycles. The molecule has 0 aliphatic carbocycles. The maximum atomic E-state index is 12.3. The molecule has 24 heavy (non-hydrogen) atoms. The lowest BCUT2D eigenvalue weighted by Gasteiger charge is -2.32. The Hall–Kier alpha value is -2.20. The Balaban J connectivity index is 2.10. The van der Waals surface area contributed by atoms with E-state index in [9.17, 15) is 4.79 Å². The molecule has 2 rings (SSSR count). The second kappa shape index (κ2) is 8.06. The highest BCUT2D eigenvalue weighted by atomic mass is 28.3. The summed E-state index contributed by atoms with van der Waals surface area (Å²) in [5, 5.41) is 4.79. The van der Waals surface area contributed by atoms with Gasteiger partial charge >= 0.3 is 0 Å². The van der Waals surface area contributed by atoms with Crippen molar-refractivity contribution in [1.82, 2.24) is 0 Å². The normalized spacial score (nSPS) is 12.1. The van der Waals surface area contributed by atoms with Crippen LogP contribution in [0.15, 0.2) is 65.8 Å². The molecule has 0 aromatic heterocycles. The molecular formula is C20H26N2OSi. The van der Waals surface area contributed by atoms with Gasteiger partial charge in [-0.1, -0.05) is 48.5 Å². The molecule has 0 heterocycles. The third-order valence-electron chi connectivity index (χ3n) is 3.60. The van der Waals surface area contributed by atoms with Crippen LogP contribution in [0.2, 0.25) is 19.6 Å². The molecular weight excluding hydrogens is 312 g/mol. The summed E-state index contributed by atoms with van der Waals surface area (Å²) in [6.07, 6.45) is 0.856. The van der Waals surface area contributed by atoms with Crippen LogP contribution in [0.4, 0.5) is 5.69 Å². The number of carbonyl (C=O) groups excluding carboxylic acids is 1. The van der Waals surface area contributed by atoms with E-state index in [-0.39, 0.29) is 5.78 Å². The van der Waals surface area contributed by atoms with E-state index in [0.29, 0.717) is 12.8 Å². The summed E-state index contributed by atoms with van der Waals surface area (Å²) < 4.78 is 2.12. The molecule has 126 valence electrons. The first kappa shape index (κ1) is 18.1. The summed E-state index contributed by atoms with van der Waals surface area (Å²) in [4.78, 5) is 12.3. The molecule has 0 amide bonds. The Bertz CT molecular complexity index is 691. The lowest BCUT2D eigenvalue weighted by molar-refractivity contribution is -0.117. The molecule has 0 spiro atoms. The number of anilines is 1. The third kappa shape index (κ3) is 5.46. The summed E-state index contributed by atoms with van der Waals surface area (Å²) in [6, 6.07) is 20.1. The van der Waals surface area contributed by atoms with Gasteiger partial charge < -0.3 is 0 Å². The molecule has 0 aliphatic heterocycles. The molecule has 2 aromatic carbocycles. The Morgan fingerprint density at radius 2 is 1.50 bits per heavy atom. The molecule has 0 aliphatic rings. The Kier molecular flexibility index (Phi) is 6.09. The summed E-state index contributed by atoms with van der Waals surface area (Å²) in [5.74, 6) is 0.200. The summed E-state index contributed by atoms with van der Waals surface area (Å²) in [7, 11) is -1.68. The smallest absolute Gasteiger partial charge is 0.176 e. The van der Waals surface area contributed by atoms with E-state index < -0.39 is 8.24 Å². The number of Topliss-reactive ketones (excluding diaryl/α,β-unsaturated/α-hetero) is 1. The van der Waals surface area contributed by atoms with Gasteiger partial charge in [0.15, 0.2) is 8.24 Å². The standard InChI is InChI=1S/C20H26N2OSi/c1-17(15-20(23)16-18-11-7-5-8-12-18)21-22(24(2,3)4)19-13-9-6-10-14-19/h5-14H,15-16H2,1-4H3. The van der Waals surface area contributed by atoms with Gasteiger partial charge in [0.2, 0.25) is 0 Å². The molecule has 0 N–H and O–H groups in total. The average Bonchev–Trinajstić information content (AvgIpc) is 2.53. The second-order valence-electron chi connectivity index (χ2n) is 7.03. The maximum Gasteiger partial charge on any atom is 0.176 e. The highest BCUT2D eigenvalue weighted by Crippen LogP contribution is 2.22. The maximum absolute atomic E-state index is 12.3. The van der Waals surface area contributed by atoms with E-state index >= 15 is 0 Å². The lowest BCUT2D eigenvalue weighted by Crippen LogP contribution is -2.43. The Morgan fingerprint density at radius 3 is 2.04 bits per heavy atom. The van der Waals surface area contributed by atoms with Crippen LogP contribution in [-0.4, -0.2) is 19.7 Å². The highest BCUT2D eigenvalue weighted by molar-refractivity contribution is 6.79. The second-order valence-corrected chi connectivity index (χ2v) is 11.8. The molecule has 0 atom stereocenters. The molecule has 0 saturated heterocycles. The number of benzene rings is 2. The van der Waals surface area contributed by atoms with E-state index in [4.69, 9.17) is 5.10 Å². The van der Waals surface area contributed by atoms with Crippen molar-refractivity contribution < 1.29 is 4.79 Å². The molecule has 4 heteroatoms. The van der Waals surface area contributed by atoms with E-state index in [1.807, 2.05) is 55.5 Å². The zero-order chi connectivity index (χ0) is 17.6. The van der Waals surface area contributed by atoms with Crippen LogP contribution in [0, 0.1) is 0 Å². The Morgan fingerprint density at radius 1 is 0.958 bits per heavy atom. The fraction of sp³-hybridized carbons (Fsp3) is 0.300. The van der Waals surface area contributed by atoms with Crippen molar-refractivity contribution in [3.05, 3.63) is 66.2 Å². The number of hydrogen-bond donors (Lipinski definition) is 0. The first-order valence-corrected chi connectivity index (χ1v) is 11.8. The number of hydrazone groups is 1. The van der Waals surface area contributed by atoms with Gasteiger partial charge in [-0.05, 0) is 44.3 Å². The fourth-order valence-electron chi connectivity index (χ4n) is 2.54. The van der Waals surface area contributed by atoms with Gasteiger partial charge in [-0.2, -0.15) is 5.10 Å². The Labute approximate surface area is 146 Å². The van der Waals surface area contributed by atoms with Crippen LogP contribution in [0.3, 0.4) is 0 Å². The van der Waals surface area contributed by atoms with Gasteiger partial charge in [-0.3, -0.25) is 9.47 Å². The quantitative estimate of drug-likeness (QED) is 0.408. The number of hydrogen-bond acceptors (Lipinski definition) is 3. The zero-order valence-electron chi connectivity index (χ0n) is 15.0. The van der Waals surface area contributed by atoms with Crippen LogP contribution in [0.25, 0.3) is 0 Å². The first-order valence-electron chi connectivity index (χ1n) is 8.31. The van der Waals surface area contributed by atoms with E-state index in [1.54, 1.807) is 0 Å². The van der Waals surface area contributed by atoms with Gasteiger partial charge in [0.25, 0.3) is 0 Å². The minimum Gasteiger partial charge on any atom is -0.299 e. The van der Waals surface area contributed by atoms with Crippen molar-refractivity contribution >= 4 is 25.4 Å². The SMILES string of the molecule is CC(CC(=O)Cc1ccccc1)=NN(c1ccccc1)[Si](C)(C)C. The number of nitrogens with zero attached hydrogens (tertiary/aromatic N) is 2. The number of rotatable bonds is 7. The first-order chi connectivity index (χ1) is 11.4. The minimum absolute atomic E-state index is 0.200. The summed E-state index contributed by atoms with van der Waals surface area (Å²) in [6.45, 7) is 8.70. The number of para-hydroxylation sites is 1. The van der Waals surface area contributed by atoms with Gasteiger partial charge in [0, 0.05) is 24.2 Å². The van der Waals surface area contributed by atoms with Crippen LogP contribution in [0.1, 0.15) is 18.9 Å². The predicted octanol–water partition coefficient (Wildman–Crippen LogP) is 4.91. The van der Waals surface area contributed by atoms with Crippen molar-refractivity contribution in [3.8, 4) is 0 Å². The van der Waals surface area contributed by atoms with E-state index in [2.05, 4.69) is 36.4 Å². The molecule has 0 bridgehead atoms. The van der Waals surface area contributed by atoms with Crippen LogP contribution in [0.5, 0.6) is 0 Å². The molecule has 3 nitrogen and oxygen atoms in total. The fourth-order valence-corrected chi connectivity index (χ4v) is 3.94. The largest absolute Gasteiger partial charge is 0.299 e.